The minimum Gasteiger partial charge on any atom is -1.00 e. The maximum Gasteiger partial charge on any atom is 0.381 e. The third kappa shape index (κ3) is 7.48. The van der Waals surface area contributed by atoms with Crippen molar-refractivity contribution in [3.8, 4) is 0 Å². The predicted molar refractivity (Wildman–Crippen MR) is 159 cm³/mol. The largest absolute Gasteiger partial charge is 1.00 e. The van der Waals surface area contributed by atoms with Crippen LogP contribution in [0.5, 0.6) is 0 Å². The lowest BCUT2D eigenvalue weighted by Crippen LogP contribution is -3.00. The van der Waals surface area contributed by atoms with Crippen molar-refractivity contribution >= 4 is 72.7 Å². The van der Waals surface area contributed by atoms with E-state index >= 15 is 0 Å². The van der Waals surface area contributed by atoms with Crippen molar-refractivity contribution in [2.45, 2.75) is 36.1 Å². The number of aryl methyl sites for hydroxylation is 1. The SMILES string of the molecule is CCOC(=O)CNC(=O)CC1CN(S(=O)(=O)c2ccc3cc(Cl)ccc3c2)CCN1C(=O)C1=[N+]c2cc(C)ncc2S1.[I-]. The minimum atomic E-state index is -3.97. The van der Waals surface area contributed by atoms with Gasteiger partial charge in [0.1, 0.15) is 11.4 Å². The summed E-state index contributed by atoms with van der Waals surface area (Å²) in [5.74, 6) is -1.52. The minimum absolute atomic E-state index is 0. The molecule has 11 nitrogen and oxygen atoms in total. The molecule has 43 heavy (non-hydrogen) atoms. The average Bonchev–Trinajstić information content (AvgIpc) is 3.39. The molecule has 2 aromatic carbocycles. The van der Waals surface area contributed by atoms with Crippen LogP contribution in [0.1, 0.15) is 19.0 Å². The number of ether oxygens (including phenoxy) is 1. The molecule has 227 valence electrons. The molecule has 3 aromatic rings. The van der Waals surface area contributed by atoms with Crippen LogP contribution in [0, 0.1) is 6.92 Å². The summed E-state index contributed by atoms with van der Waals surface area (Å²) in [7, 11) is -3.97. The number of rotatable bonds is 8. The van der Waals surface area contributed by atoms with E-state index in [9.17, 15) is 22.8 Å². The Morgan fingerprint density at radius 2 is 1.88 bits per heavy atom. The number of nitrogens with zero attached hydrogens (tertiary/aromatic N) is 4. The van der Waals surface area contributed by atoms with E-state index in [0.29, 0.717) is 16.1 Å². The molecule has 0 saturated carbocycles. The fourth-order valence-corrected chi connectivity index (χ4v) is 7.37. The maximum atomic E-state index is 13.7. The molecule has 0 bridgehead atoms. The fraction of sp³-hybridized carbons (Fsp3) is 0.321. The second-order valence-corrected chi connectivity index (χ2v) is 13.2. The van der Waals surface area contributed by atoms with Crippen LogP contribution in [0.3, 0.4) is 0 Å². The molecule has 1 atom stereocenters. The van der Waals surface area contributed by atoms with Crippen LogP contribution < -0.4 is 34.3 Å². The molecule has 2 amide bonds. The van der Waals surface area contributed by atoms with E-state index in [0.717, 1.165) is 16.0 Å². The number of aliphatic imine (C=N–C) groups is 1. The van der Waals surface area contributed by atoms with E-state index in [1.54, 1.807) is 49.5 Å². The van der Waals surface area contributed by atoms with Crippen molar-refractivity contribution in [3.05, 3.63) is 59.4 Å². The maximum absolute atomic E-state index is 13.7. The number of aromatic nitrogens is 1. The second-order valence-electron chi connectivity index (χ2n) is 9.77. The molecule has 1 N–H and O–H groups in total. The van der Waals surface area contributed by atoms with Crippen LogP contribution in [-0.2, 0) is 29.1 Å². The molecular formula is C28H28ClIN5O6S2. The van der Waals surface area contributed by atoms with E-state index in [2.05, 4.69) is 15.3 Å². The number of halogens is 2. The van der Waals surface area contributed by atoms with Gasteiger partial charge in [0.05, 0.1) is 22.5 Å². The van der Waals surface area contributed by atoms with Crippen molar-refractivity contribution in [2.24, 2.45) is 0 Å². The summed E-state index contributed by atoms with van der Waals surface area (Å²) in [4.78, 5) is 49.3. The number of fused-ring (bicyclic) bond motifs is 2. The van der Waals surface area contributed by atoms with Gasteiger partial charge < -0.3 is 38.9 Å². The lowest BCUT2D eigenvalue weighted by atomic mass is 10.1. The van der Waals surface area contributed by atoms with Crippen molar-refractivity contribution in [3.63, 3.8) is 0 Å². The van der Waals surface area contributed by atoms with Crippen LogP contribution >= 0.6 is 23.4 Å². The zero-order valence-electron chi connectivity index (χ0n) is 23.2. The molecule has 1 fully saturated rings. The van der Waals surface area contributed by atoms with E-state index in [-0.39, 0.29) is 73.1 Å². The zero-order valence-corrected chi connectivity index (χ0v) is 27.8. The molecule has 0 spiro atoms. The molecule has 5 rings (SSSR count). The van der Waals surface area contributed by atoms with Gasteiger partial charge in [-0.25, -0.2) is 8.42 Å². The molecule has 0 aliphatic carbocycles. The first-order valence-electron chi connectivity index (χ1n) is 13.2. The number of sulfonamides is 1. The van der Waals surface area contributed by atoms with Crippen LogP contribution in [-0.4, -0.2) is 84.3 Å². The average molecular weight is 757 g/mol. The third-order valence-corrected chi connectivity index (χ3v) is 9.96. The Morgan fingerprint density at radius 3 is 2.65 bits per heavy atom. The number of carbonyl (C=O) groups excluding carboxylic acids is 3. The summed E-state index contributed by atoms with van der Waals surface area (Å²) in [5.41, 5.74) is 1.40. The smallest absolute Gasteiger partial charge is 0.381 e. The number of pyridine rings is 1. The number of piperazine rings is 1. The Morgan fingerprint density at radius 1 is 1.14 bits per heavy atom. The summed E-state index contributed by atoms with van der Waals surface area (Å²) in [6.45, 7) is 3.28. The van der Waals surface area contributed by atoms with Gasteiger partial charge in [-0.15, -0.1) is 0 Å². The Hall–Kier alpha value is -2.79. The number of nitrogens with one attached hydrogen (secondary N) is 1. The van der Waals surface area contributed by atoms with Gasteiger partial charge in [0, 0.05) is 60.8 Å². The van der Waals surface area contributed by atoms with Gasteiger partial charge >= 0.3 is 16.9 Å². The number of benzene rings is 2. The normalized spacial score (nSPS) is 16.7. The van der Waals surface area contributed by atoms with Gasteiger partial charge in [-0.05, 0) is 48.9 Å². The summed E-state index contributed by atoms with van der Waals surface area (Å²) < 4.78 is 33.6. The molecule has 3 heterocycles. The summed E-state index contributed by atoms with van der Waals surface area (Å²) >= 11 is 7.26. The Balaban J connectivity index is 0.00000423. The first-order chi connectivity index (χ1) is 20.0. The number of amides is 2. The van der Waals surface area contributed by atoms with Crippen LogP contribution in [0.15, 0.2) is 58.5 Å². The van der Waals surface area contributed by atoms with Gasteiger partial charge in [-0.3, -0.25) is 19.4 Å². The van der Waals surface area contributed by atoms with E-state index < -0.39 is 33.8 Å². The summed E-state index contributed by atoms with van der Waals surface area (Å²) in [6, 6.07) is 11.0. The highest BCUT2D eigenvalue weighted by Gasteiger charge is 2.44. The van der Waals surface area contributed by atoms with Gasteiger partial charge in [0.15, 0.2) is 0 Å². The summed E-state index contributed by atoms with van der Waals surface area (Å²) in [6.07, 6.45) is 1.43. The monoisotopic (exact) mass is 756 g/mol. The van der Waals surface area contributed by atoms with Crippen molar-refractivity contribution in [1.29, 1.82) is 0 Å². The molecule has 1 radical (unpaired) electrons. The highest BCUT2D eigenvalue weighted by atomic mass is 127. The Bertz CT molecular complexity index is 1720. The first-order valence-corrected chi connectivity index (χ1v) is 15.8. The van der Waals surface area contributed by atoms with Crippen LogP contribution in [0.2, 0.25) is 5.02 Å². The molecule has 15 heteroatoms. The number of carbonyl (C=O) groups is 3. The fourth-order valence-electron chi connectivity index (χ4n) is 4.81. The number of hydrogen-bond acceptors (Lipinski definition) is 9. The Kier molecular flexibility index (Phi) is 10.7. The molecule has 1 aromatic heterocycles. The highest BCUT2D eigenvalue weighted by Crippen LogP contribution is 2.34. The number of thioether (sulfide) groups is 1. The van der Waals surface area contributed by atoms with Crippen molar-refractivity contribution in [2.75, 3.05) is 32.8 Å². The lowest BCUT2D eigenvalue weighted by Gasteiger charge is -2.39. The summed E-state index contributed by atoms with van der Waals surface area (Å²) in [5, 5.41) is 4.78. The van der Waals surface area contributed by atoms with Gasteiger partial charge in [-0.1, -0.05) is 23.7 Å². The van der Waals surface area contributed by atoms with Crippen LogP contribution in [0.25, 0.3) is 10.8 Å². The topological polar surface area (TPSA) is 140 Å². The third-order valence-electron chi connectivity index (χ3n) is 6.87. The predicted octanol–water partition coefficient (Wildman–Crippen LogP) is -0.357. The second kappa shape index (κ2) is 13.9. The molecule has 2 aliphatic heterocycles. The van der Waals surface area contributed by atoms with E-state index in [1.807, 2.05) is 6.92 Å². The van der Waals surface area contributed by atoms with E-state index in [1.165, 1.54) is 27.0 Å². The highest BCUT2D eigenvalue weighted by molar-refractivity contribution is 8.16. The molecular weight excluding hydrogens is 729 g/mol. The quantitative estimate of drug-likeness (QED) is 0.243. The lowest BCUT2D eigenvalue weighted by molar-refractivity contribution is -0.143. The number of esters is 1. The van der Waals surface area contributed by atoms with Gasteiger partial charge in [0.25, 0.3) is 5.69 Å². The first kappa shape index (κ1) is 33.1. The number of hydrogen-bond donors (Lipinski definition) is 1. The zero-order chi connectivity index (χ0) is 30.0. The molecule has 2 aliphatic rings. The van der Waals surface area contributed by atoms with Crippen molar-refractivity contribution < 1.29 is 51.5 Å². The molecule has 1 unspecified atom stereocenters. The van der Waals surface area contributed by atoms with E-state index in [4.69, 9.17) is 16.3 Å². The van der Waals surface area contributed by atoms with Gasteiger partial charge in [-0.2, -0.15) is 4.31 Å². The Labute approximate surface area is 275 Å². The van der Waals surface area contributed by atoms with Crippen molar-refractivity contribution in [1.82, 2.24) is 24.5 Å². The standard InChI is InChI=1S/C28H28ClN5O6S2.HI/c1-3-40-26(36)15-31-25(35)13-21-16-33(42(38,39)22-7-5-18-11-20(29)6-4-19(18)12-22)8-9-34(21)28(37)27-32-23-10-17(2)30-14-24(23)41-27;/h4-7,10-12,14,21H,3,8-9,13,15-16H2,1-2H3,(H,31,35);1H/q+1;/p-1. The van der Waals surface area contributed by atoms with Crippen LogP contribution in [0.4, 0.5) is 5.69 Å². The molecule has 1 saturated heterocycles. The van der Waals surface area contributed by atoms with Gasteiger partial charge in [0.2, 0.25) is 15.9 Å².